The molecular weight excluding hydrogens is 326 g/mol. The third-order valence-corrected chi connectivity index (χ3v) is 4.19. The molecule has 1 aliphatic heterocycles. The van der Waals surface area contributed by atoms with E-state index in [9.17, 15) is 8.78 Å². The molecule has 3 rings (SSSR count). The Kier molecular flexibility index (Phi) is 5.37. The average Bonchev–Trinajstić information content (AvgIpc) is 2.59. The van der Waals surface area contributed by atoms with Crippen LogP contribution in [0.1, 0.15) is 18.2 Å². The topological polar surface area (TPSA) is 57.2 Å². The highest BCUT2D eigenvalue weighted by atomic mass is 19.1. The standard InChI is InChI=1S/C17H22F2N6/c1-3-21-16-8-12(2)22-17(23-16)25-6-4-24(5-7-25)11-13-14(18)9-20-10-15(13)19/h8-10H,3-7,11H2,1-2H3,(H,21,22,23). The van der Waals surface area contributed by atoms with Gasteiger partial charge < -0.3 is 10.2 Å². The van der Waals surface area contributed by atoms with Crippen LogP contribution in [0.15, 0.2) is 18.5 Å². The smallest absolute Gasteiger partial charge is 0.227 e. The molecule has 0 unspecified atom stereocenters. The number of anilines is 2. The lowest BCUT2D eigenvalue weighted by Gasteiger charge is -2.35. The molecule has 2 aromatic heterocycles. The maximum atomic E-state index is 13.7. The lowest BCUT2D eigenvalue weighted by molar-refractivity contribution is 0.241. The first-order valence-corrected chi connectivity index (χ1v) is 8.41. The Labute approximate surface area is 145 Å². The molecule has 0 bridgehead atoms. The first kappa shape index (κ1) is 17.5. The molecule has 0 saturated carbocycles. The molecule has 0 spiro atoms. The molecule has 6 nitrogen and oxygen atoms in total. The Bertz CT molecular complexity index is 711. The van der Waals surface area contributed by atoms with Gasteiger partial charge in [-0.15, -0.1) is 0 Å². The summed E-state index contributed by atoms with van der Waals surface area (Å²) in [6, 6.07) is 1.91. The third kappa shape index (κ3) is 4.19. The van der Waals surface area contributed by atoms with Crippen molar-refractivity contribution in [3.63, 3.8) is 0 Å². The van der Waals surface area contributed by atoms with Crippen molar-refractivity contribution in [3.05, 3.63) is 41.4 Å². The van der Waals surface area contributed by atoms with Gasteiger partial charge in [0.25, 0.3) is 0 Å². The van der Waals surface area contributed by atoms with E-state index < -0.39 is 11.6 Å². The second kappa shape index (κ2) is 7.69. The summed E-state index contributed by atoms with van der Waals surface area (Å²) in [5, 5.41) is 3.20. The zero-order valence-corrected chi connectivity index (χ0v) is 14.5. The van der Waals surface area contributed by atoms with Crippen LogP contribution in [-0.2, 0) is 6.54 Å². The number of nitrogens with one attached hydrogen (secondary N) is 1. The van der Waals surface area contributed by atoms with Gasteiger partial charge in [0, 0.05) is 56.6 Å². The normalized spacial score (nSPS) is 15.4. The van der Waals surface area contributed by atoms with Crippen LogP contribution in [0.5, 0.6) is 0 Å². The van der Waals surface area contributed by atoms with E-state index in [4.69, 9.17) is 0 Å². The minimum atomic E-state index is -0.597. The molecule has 1 fully saturated rings. The summed E-state index contributed by atoms with van der Waals surface area (Å²) in [6.07, 6.45) is 2.11. The van der Waals surface area contributed by atoms with Gasteiger partial charge in [0.1, 0.15) is 17.5 Å². The number of aromatic nitrogens is 3. The zero-order chi connectivity index (χ0) is 17.8. The maximum absolute atomic E-state index is 13.7. The highest BCUT2D eigenvalue weighted by molar-refractivity contribution is 5.43. The van der Waals surface area contributed by atoms with Gasteiger partial charge in [0.05, 0.1) is 12.4 Å². The van der Waals surface area contributed by atoms with Crippen molar-refractivity contribution in [2.45, 2.75) is 20.4 Å². The summed E-state index contributed by atoms with van der Waals surface area (Å²) in [4.78, 5) is 16.7. The van der Waals surface area contributed by atoms with Crippen LogP contribution in [0.25, 0.3) is 0 Å². The predicted molar refractivity (Wildman–Crippen MR) is 92.6 cm³/mol. The molecule has 2 aromatic rings. The molecule has 3 heterocycles. The van der Waals surface area contributed by atoms with Crippen LogP contribution in [-0.4, -0.2) is 52.6 Å². The van der Waals surface area contributed by atoms with E-state index in [0.29, 0.717) is 32.1 Å². The van der Waals surface area contributed by atoms with Crippen molar-refractivity contribution in [1.29, 1.82) is 0 Å². The molecule has 0 aromatic carbocycles. The molecule has 134 valence electrons. The van der Waals surface area contributed by atoms with E-state index in [1.165, 1.54) is 0 Å². The summed E-state index contributed by atoms with van der Waals surface area (Å²) >= 11 is 0. The highest BCUT2D eigenvalue weighted by Gasteiger charge is 2.22. The number of pyridine rings is 1. The number of hydrogen-bond donors (Lipinski definition) is 1. The van der Waals surface area contributed by atoms with Crippen molar-refractivity contribution in [1.82, 2.24) is 19.9 Å². The SMILES string of the molecule is CCNc1cc(C)nc(N2CCN(Cc3c(F)cncc3F)CC2)n1. The second-order valence-corrected chi connectivity index (χ2v) is 6.07. The van der Waals surface area contributed by atoms with Gasteiger partial charge >= 0.3 is 0 Å². The summed E-state index contributed by atoms with van der Waals surface area (Å²) in [5.74, 6) is 0.310. The van der Waals surface area contributed by atoms with Gasteiger partial charge in [-0.25, -0.2) is 13.8 Å². The number of nitrogens with zero attached hydrogens (tertiary/aromatic N) is 5. The van der Waals surface area contributed by atoms with Gasteiger partial charge in [-0.05, 0) is 13.8 Å². The molecule has 0 aliphatic carbocycles. The Morgan fingerprint density at radius 2 is 1.76 bits per heavy atom. The molecule has 1 aliphatic rings. The number of hydrogen-bond acceptors (Lipinski definition) is 6. The van der Waals surface area contributed by atoms with E-state index in [1.54, 1.807) is 0 Å². The minimum Gasteiger partial charge on any atom is -0.370 e. The summed E-state index contributed by atoms with van der Waals surface area (Å²) in [6.45, 7) is 7.80. The predicted octanol–water partition coefficient (Wildman–Crippen LogP) is 2.21. The van der Waals surface area contributed by atoms with Gasteiger partial charge in [-0.2, -0.15) is 4.98 Å². The number of aryl methyl sites for hydroxylation is 1. The van der Waals surface area contributed by atoms with Crippen molar-refractivity contribution >= 4 is 11.8 Å². The molecule has 1 saturated heterocycles. The van der Waals surface area contributed by atoms with Crippen LogP contribution in [0.2, 0.25) is 0 Å². The number of halogens is 2. The van der Waals surface area contributed by atoms with Crippen molar-refractivity contribution < 1.29 is 8.78 Å². The lowest BCUT2D eigenvalue weighted by atomic mass is 10.2. The monoisotopic (exact) mass is 348 g/mol. The molecule has 0 atom stereocenters. The fourth-order valence-electron chi connectivity index (χ4n) is 2.88. The van der Waals surface area contributed by atoms with E-state index in [2.05, 4.69) is 25.2 Å². The lowest BCUT2D eigenvalue weighted by Crippen LogP contribution is -2.46. The molecular formula is C17H22F2N6. The molecule has 0 amide bonds. The van der Waals surface area contributed by atoms with Crippen molar-refractivity contribution in [2.24, 2.45) is 0 Å². The van der Waals surface area contributed by atoms with E-state index in [-0.39, 0.29) is 12.1 Å². The van der Waals surface area contributed by atoms with E-state index in [0.717, 1.165) is 30.5 Å². The van der Waals surface area contributed by atoms with Crippen LogP contribution >= 0.6 is 0 Å². The maximum Gasteiger partial charge on any atom is 0.227 e. The van der Waals surface area contributed by atoms with E-state index >= 15 is 0 Å². The largest absolute Gasteiger partial charge is 0.370 e. The molecule has 1 N–H and O–H groups in total. The average molecular weight is 348 g/mol. The number of piperazine rings is 1. The Balaban J connectivity index is 1.64. The van der Waals surface area contributed by atoms with Crippen molar-refractivity contribution in [3.8, 4) is 0 Å². The molecule has 8 heteroatoms. The Hall–Kier alpha value is -2.35. The second-order valence-electron chi connectivity index (χ2n) is 6.07. The van der Waals surface area contributed by atoms with Crippen LogP contribution in [0.4, 0.5) is 20.5 Å². The zero-order valence-electron chi connectivity index (χ0n) is 14.5. The number of rotatable bonds is 5. The first-order chi connectivity index (χ1) is 12.1. The highest BCUT2D eigenvalue weighted by Crippen LogP contribution is 2.18. The molecule has 25 heavy (non-hydrogen) atoms. The van der Waals surface area contributed by atoms with Crippen molar-refractivity contribution in [2.75, 3.05) is 42.9 Å². The third-order valence-electron chi connectivity index (χ3n) is 4.19. The molecule has 0 radical (unpaired) electrons. The Morgan fingerprint density at radius 1 is 1.08 bits per heavy atom. The summed E-state index contributed by atoms with van der Waals surface area (Å²) < 4.78 is 27.5. The van der Waals surface area contributed by atoms with Gasteiger partial charge in [-0.1, -0.05) is 0 Å². The fourth-order valence-corrected chi connectivity index (χ4v) is 2.88. The van der Waals surface area contributed by atoms with Crippen LogP contribution in [0.3, 0.4) is 0 Å². The Morgan fingerprint density at radius 3 is 2.40 bits per heavy atom. The van der Waals surface area contributed by atoms with Crippen LogP contribution < -0.4 is 10.2 Å². The van der Waals surface area contributed by atoms with Gasteiger partial charge in [0.15, 0.2) is 0 Å². The van der Waals surface area contributed by atoms with E-state index in [1.807, 2.05) is 24.8 Å². The van der Waals surface area contributed by atoms with Gasteiger partial charge in [-0.3, -0.25) is 9.88 Å². The quantitative estimate of drug-likeness (QED) is 0.894. The first-order valence-electron chi connectivity index (χ1n) is 8.41. The fraction of sp³-hybridized carbons (Fsp3) is 0.471. The van der Waals surface area contributed by atoms with Gasteiger partial charge in [0.2, 0.25) is 5.95 Å². The van der Waals surface area contributed by atoms with Crippen LogP contribution in [0, 0.1) is 18.6 Å². The minimum absolute atomic E-state index is 0.0738. The summed E-state index contributed by atoms with van der Waals surface area (Å²) in [5.41, 5.74) is 0.981. The summed E-state index contributed by atoms with van der Waals surface area (Å²) in [7, 11) is 0.